The molecule has 0 bridgehead atoms. The van der Waals surface area contributed by atoms with Crippen molar-refractivity contribution in [2.75, 3.05) is 36.4 Å². The van der Waals surface area contributed by atoms with E-state index in [0.717, 1.165) is 24.2 Å². The lowest BCUT2D eigenvalue weighted by Crippen LogP contribution is -2.45. The van der Waals surface area contributed by atoms with E-state index >= 15 is 0 Å². The SMILES string of the molecule is O=CN1CCN(c2ccnc(C(=O)Nc3ccc(F)cc3F)c2)CC1. The second kappa shape index (κ2) is 7.25. The number of rotatable bonds is 4. The van der Waals surface area contributed by atoms with E-state index in [9.17, 15) is 18.4 Å². The number of hydrogen-bond donors (Lipinski definition) is 1. The van der Waals surface area contributed by atoms with Gasteiger partial charge >= 0.3 is 0 Å². The largest absolute Gasteiger partial charge is 0.368 e. The fraction of sp³-hybridized carbons (Fsp3) is 0.235. The van der Waals surface area contributed by atoms with Crippen LogP contribution in [0.3, 0.4) is 0 Å². The standard InChI is InChI=1S/C17H16F2N4O2/c18-12-1-2-15(14(19)9-12)21-17(25)16-10-13(3-4-20-16)23-7-5-22(11-24)6-8-23/h1-4,9-11H,5-8H2,(H,21,25). The van der Waals surface area contributed by atoms with Crippen LogP contribution in [0.25, 0.3) is 0 Å². The van der Waals surface area contributed by atoms with Gasteiger partial charge in [0.25, 0.3) is 5.91 Å². The topological polar surface area (TPSA) is 65.5 Å². The number of nitrogens with one attached hydrogen (secondary N) is 1. The van der Waals surface area contributed by atoms with Gasteiger partial charge in [-0.1, -0.05) is 0 Å². The van der Waals surface area contributed by atoms with E-state index in [2.05, 4.69) is 10.3 Å². The van der Waals surface area contributed by atoms with Crippen molar-refractivity contribution in [2.45, 2.75) is 0 Å². The van der Waals surface area contributed by atoms with Crippen LogP contribution in [0.4, 0.5) is 20.2 Å². The summed E-state index contributed by atoms with van der Waals surface area (Å²) in [5.41, 5.74) is 0.808. The number of aromatic nitrogens is 1. The maximum Gasteiger partial charge on any atom is 0.274 e. The summed E-state index contributed by atoms with van der Waals surface area (Å²) in [7, 11) is 0. The van der Waals surface area contributed by atoms with Gasteiger partial charge in [0.1, 0.15) is 17.3 Å². The number of carbonyl (C=O) groups excluding carboxylic acids is 2. The van der Waals surface area contributed by atoms with Gasteiger partial charge in [-0.25, -0.2) is 8.78 Å². The molecular weight excluding hydrogens is 330 g/mol. The first kappa shape index (κ1) is 16.8. The zero-order chi connectivity index (χ0) is 17.8. The Hall–Kier alpha value is -3.03. The molecule has 0 radical (unpaired) electrons. The van der Waals surface area contributed by atoms with Gasteiger partial charge in [-0.05, 0) is 24.3 Å². The number of anilines is 2. The first-order valence-corrected chi connectivity index (χ1v) is 7.73. The Morgan fingerprint density at radius 2 is 1.88 bits per heavy atom. The molecule has 1 N–H and O–H groups in total. The molecule has 3 rings (SSSR count). The highest BCUT2D eigenvalue weighted by Crippen LogP contribution is 2.19. The average Bonchev–Trinajstić information content (AvgIpc) is 2.64. The Bertz CT molecular complexity index is 792. The van der Waals surface area contributed by atoms with Gasteiger partial charge in [-0.15, -0.1) is 0 Å². The number of piperazine rings is 1. The van der Waals surface area contributed by atoms with E-state index in [-0.39, 0.29) is 11.4 Å². The van der Waals surface area contributed by atoms with Gasteiger partial charge in [0.15, 0.2) is 0 Å². The number of carbonyl (C=O) groups is 2. The van der Waals surface area contributed by atoms with Crippen LogP contribution in [0, 0.1) is 11.6 Å². The molecule has 1 fully saturated rings. The van der Waals surface area contributed by atoms with Gasteiger partial charge in [0.05, 0.1) is 5.69 Å². The lowest BCUT2D eigenvalue weighted by atomic mass is 10.2. The molecule has 0 spiro atoms. The minimum atomic E-state index is -0.852. The molecule has 1 saturated heterocycles. The normalized spacial score (nSPS) is 14.3. The third-order valence-corrected chi connectivity index (χ3v) is 3.98. The molecule has 8 heteroatoms. The molecule has 130 valence electrons. The fourth-order valence-corrected chi connectivity index (χ4v) is 2.60. The Morgan fingerprint density at radius 1 is 1.12 bits per heavy atom. The minimum Gasteiger partial charge on any atom is -0.368 e. The van der Waals surface area contributed by atoms with E-state index in [1.807, 2.05) is 4.90 Å². The predicted octanol–water partition coefficient (Wildman–Crippen LogP) is 1.89. The summed E-state index contributed by atoms with van der Waals surface area (Å²) >= 11 is 0. The van der Waals surface area contributed by atoms with E-state index in [0.29, 0.717) is 32.2 Å². The summed E-state index contributed by atoms with van der Waals surface area (Å²) in [5, 5.41) is 2.38. The van der Waals surface area contributed by atoms with Crippen LogP contribution < -0.4 is 10.2 Å². The van der Waals surface area contributed by atoms with Crippen LogP contribution in [0.5, 0.6) is 0 Å². The Kier molecular flexibility index (Phi) is 4.87. The summed E-state index contributed by atoms with van der Waals surface area (Å²) in [4.78, 5) is 30.8. The van der Waals surface area contributed by atoms with Crippen LogP contribution >= 0.6 is 0 Å². The van der Waals surface area contributed by atoms with Crippen LogP contribution in [-0.2, 0) is 4.79 Å². The van der Waals surface area contributed by atoms with Crippen LogP contribution in [0.15, 0.2) is 36.5 Å². The van der Waals surface area contributed by atoms with E-state index in [1.54, 1.807) is 17.0 Å². The third kappa shape index (κ3) is 3.90. The molecular formula is C17H16F2N4O2. The summed E-state index contributed by atoms with van der Waals surface area (Å²) in [6.45, 7) is 2.51. The first-order chi connectivity index (χ1) is 12.1. The first-order valence-electron chi connectivity index (χ1n) is 7.73. The highest BCUT2D eigenvalue weighted by atomic mass is 19.1. The van der Waals surface area contributed by atoms with Crippen LogP contribution in [0.1, 0.15) is 10.5 Å². The van der Waals surface area contributed by atoms with Gasteiger partial charge in [0.2, 0.25) is 6.41 Å². The molecule has 1 aromatic carbocycles. The lowest BCUT2D eigenvalue weighted by molar-refractivity contribution is -0.118. The van der Waals surface area contributed by atoms with Crippen molar-refractivity contribution < 1.29 is 18.4 Å². The fourth-order valence-electron chi connectivity index (χ4n) is 2.60. The molecule has 0 aliphatic carbocycles. The van der Waals surface area contributed by atoms with Crippen LogP contribution in [-0.4, -0.2) is 48.4 Å². The molecule has 2 amide bonds. The maximum atomic E-state index is 13.7. The Labute approximate surface area is 143 Å². The molecule has 2 heterocycles. The molecule has 0 unspecified atom stereocenters. The van der Waals surface area contributed by atoms with E-state index in [4.69, 9.17) is 0 Å². The second-order valence-corrected chi connectivity index (χ2v) is 5.61. The number of hydrogen-bond acceptors (Lipinski definition) is 4. The number of pyridine rings is 1. The molecule has 0 saturated carbocycles. The molecule has 2 aromatic rings. The molecule has 1 aliphatic rings. The van der Waals surface area contributed by atoms with Crippen molar-refractivity contribution in [3.8, 4) is 0 Å². The number of amides is 2. The summed E-state index contributed by atoms with van der Waals surface area (Å²) in [5.74, 6) is -2.15. The lowest BCUT2D eigenvalue weighted by Gasteiger charge is -2.34. The zero-order valence-corrected chi connectivity index (χ0v) is 13.3. The van der Waals surface area contributed by atoms with Crippen molar-refractivity contribution in [1.29, 1.82) is 0 Å². The molecule has 1 aromatic heterocycles. The summed E-state index contributed by atoms with van der Waals surface area (Å²) in [6, 6.07) is 6.30. The highest BCUT2D eigenvalue weighted by Gasteiger charge is 2.18. The van der Waals surface area contributed by atoms with Gasteiger partial charge in [0, 0.05) is 44.1 Å². The van der Waals surface area contributed by atoms with Crippen molar-refractivity contribution in [3.05, 3.63) is 53.9 Å². The number of nitrogens with zero attached hydrogens (tertiary/aromatic N) is 3. The average molecular weight is 346 g/mol. The third-order valence-electron chi connectivity index (χ3n) is 3.98. The number of benzene rings is 1. The summed E-state index contributed by atoms with van der Waals surface area (Å²) in [6.07, 6.45) is 2.32. The maximum absolute atomic E-state index is 13.7. The monoisotopic (exact) mass is 346 g/mol. The minimum absolute atomic E-state index is 0.113. The molecule has 25 heavy (non-hydrogen) atoms. The second-order valence-electron chi connectivity index (χ2n) is 5.61. The van der Waals surface area contributed by atoms with Crippen molar-refractivity contribution >= 4 is 23.7 Å². The van der Waals surface area contributed by atoms with Crippen molar-refractivity contribution in [1.82, 2.24) is 9.88 Å². The van der Waals surface area contributed by atoms with Crippen LogP contribution in [0.2, 0.25) is 0 Å². The predicted molar refractivity (Wildman–Crippen MR) is 88.4 cm³/mol. The van der Waals surface area contributed by atoms with E-state index in [1.165, 1.54) is 6.20 Å². The van der Waals surface area contributed by atoms with Gasteiger partial charge in [-0.3, -0.25) is 14.6 Å². The smallest absolute Gasteiger partial charge is 0.274 e. The highest BCUT2D eigenvalue weighted by molar-refractivity contribution is 6.03. The Morgan fingerprint density at radius 3 is 2.56 bits per heavy atom. The van der Waals surface area contributed by atoms with Gasteiger partial charge in [-0.2, -0.15) is 0 Å². The molecule has 6 nitrogen and oxygen atoms in total. The zero-order valence-electron chi connectivity index (χ0n) is 13.3. The van der Waals surface area contributed by atoms with Gasteiger partial charge < -0.3 is 15.1 Å². The van der Waals surface area contributed by atoms with Crippen molar-refractivity contribution in [2.24, 2.45) is 0 Å². The number of halogens is 2. The quantitative estimate of drug-likeness (QED) is 0.859. The Balaban J connectivity index is 1.72. The van der Waals surface area contributed by atoms with E-state index < -0.39 is 17.5 Å². The molecule has 0 atom stereocenters. The summed E-state index contributed by atoms with van der Waals surface area (Å²) < 4.78 is 26.6. The van der Waals surface area contributed by atoms with Crippen molar-refractivity contribution in [3.63, 3.8) is 0 Å². The molecule has 1 aliphatic heterocycles.